The lowest BCUT2D eigenvalue weighted by atomic mass is 9.83. The highest BCUT2D eigenvalue weighted by atomic mass is 32.2. The molecular formula is C25H30N2O4S. The van der Waals surface area contributed by atoms with Crippen molar-refractivity contribution in [3.05, 3.63) is 65.2 Å². The molecule has 0 aliphatic carbocycles. The van der Waals surface area contributed by atoms with Crippen LogP contribution in [0.25, 0.3) is 5.57 Å². The summed E-state index contributed by atoms with van der Waals surface area (Å²) in [7, 11) is -3.35. The second-order valence-electron chi connectivity index (χ2n) is 8.46. The van der Waals surface area contributed by atoms with Crippen LogP contribution in [0.2, 0.25) is 0 Å². The van der Waals surface area contributed by atoms with E-state index >= 15 is 0 Å². The van der Waals surface area contributed by atoms with Crippen LogP contribution < -0.4 is 10.1 Å². The first-order valence-corrected chi connectivity index (χ1v) is 13.0. The second kappa shape index (κ2) is 8.71. The summed E-state index contributed by atoms with van der Waals surface area (Å²) < 4.78 is 30.8. The zero-order valence-corrected chi connectivity index (χ0v) is 19.7. The van der Waals surface area contributed by atoms with Gasteiger partial charge in [-0.3, -0.25) is 4.79 Å². The number of nitrogens with zero attached hydrogens (tertiary/aromatic N) is 1. The number of carbonyl (C=O) groups excluding carboxylic acids is 1. The third kappa shape index (κ3) is 4.32. The number of benzene rings is 2. The van der Waals surface area contributed by atoms with Gasteiger partial charge < -0.3 is 15.0 Å². The zero-order valence-electron chi connectivity index (χ0n) is 18.8. The van der Waals surface area contributed by atoms with E-state index in [9.17, 15) is 13.2 Å². The molecule has 2 heterocycles. The summed E-state index contributed by atoms with van der Waals surface area (Å²) in [5.74, 6) is 0.706. The van der Waals surface area contributed by atoms with Crippen molar-refractivity contribution in [2.24, 2.45) is 0 Å². The van der Waals surface area contributed by atoms with E-state index in [0.717, 1.165) is 42.6 Å². The molecule has 32 heavy (non-hydrogen) atoms. The second-order valence-corrected chi connectivity index (χ2v) is 10.5. The Hall–Kier alpha value is -2.64. The first-order chi connectivity index (χ1) is 15.3. The van der Waals surface area contributed by atoms with Gasteiger partial charge in [-0.05, 0) is 74.5 Å². The Labute approximate surface area is 190 Å². The van der Waals surface area contributed by atoms with Crippen LogP contribution in [0.3, 0.4) is 0 Å². The summed E-state index contributed by atoms with van der Waals surface area (Å²) in [5.41, 5.74) is 2.87. The molecule has 170 valence electrons. The molecule has 1 N–H and O–H groups in total. The minimum atomic E-state index is -3.35. The predicted molar refractivity (Wildman–Crippen MR) is 126 cm³/mol. The smallest absolute Gasteiger partial charge is 0.253 e. The summed E-state index contributed by atoms with van der Waals surface area (Å²) in [6, 6.07) is 12.7. The van der Waals surface area contributed by atoms with Gasteiger partial charge in [0.15, 0.2) is 9.84 Å². The van der Waals surface area contributed by atoms with Crippen molar-refractivity contribution in [1.82, 2.24) is 10.2 Å². The fourth-order valence-electron chi connectivity index (χ4n) is 4.45. The fourth-order valence-corrected chi connectivity index (χ4v) is 5.10. The molecule has 1 spiro atoms. The quantitative estimate of drug-likeness (QED) is 0.748. The topological polar surface area (TPSA) is 75.7 Å². The van der Waals surface area contributed by atoms with Crippen LogP contribution >= 0.6 is 0 Å². The molecular weight excluding hydrogens is 424 g/mol. The minimum Gasteiger partial charge on any atom is -0.482 e. The number of fused-ring (bicyclic) bond motifs is 1. The molecule has 2 aromatic carbocycles. The third-order valence-corrected chi connectivity index (χ3v) is 7.44. The Morgan fingerprint density at radius 2 is 1.72 bits per heavy atom. The highest BCUT2D eigenvalue weighted by Gasteiger charge is 2.37. The maximum atomic E-state index is 12.7. The van der Waals surface area contributed by atoms with Crippen molar-refractivity contribution in [3.8, 4) is 5.75 Å². The molecule has 0 bridgehead atoms. The van der Waals surface area contributed by atoms with E-state index in [1.807, 2.05) is 38.1 Å². The highest BCUT2D eigenvalue weighted by Crippen LogP contribution is 2.43. The summed E-state index contributed by atoms with van der Waals surface area (Å²) in [5, 5.41) is 3.37. The Morgan fingerprint density at radius 3 is 2.31 bits per heavy atom. The average molecular weight is 455 g/mol. The maximum absolute atomic E-state index is 12.7. The molecule has 4 rings (SSSR count). The van der Waals surface area contributed by atoms with Gasteiger partial charge in [0, 0.05) is 43.3 Å². The molecule has 6 nitrogen and oxygen atoms in total. The van der Waals surface area contributed by atoms with Gasteiger partial charge in [-0.25, -0.2) is 8.42 Å². The summed E-state index contributed by atoms with van der Waals surface area (Å²) in [6.07, 6.45) is 5.03. The Balaban J connectivity index is 1.79. The summed E-state index contributed by atoms with van der Waals surface area (Å²) in [4.78, 5) is 14.8. The number of nitrogens with one attached hydrogen (secondary N) is 1. The van der Waals surface area contributed by atoms with Crippen LogP contribution in [0.1, 0.15) is 48.2 Å². The number of piperidine rings is 1. The highest BCUT2D eigenvalue weighted by molar-refractivity contribution is 7.90. The third-order valence-electron chi connectivity index (χ3n) is 6.33. The van der Waals surface area contributed by atoms with E-state index in [4.69, 9.17) is 4.74 Å². The maximum Gasteiger partial charge on any atom is 0.253 e. The molecule has 2 aliphatic rings. The zero-order chi connectivity index (χ0) is 22.9. The molecule has 1 saturated heterocycles. The minimum absolute atomic E-state index is 0.0112. The van der Waals surface area contributed by atoms with E-state index in [-0.39, 0.29) is 10.8 Å². The van der Waals surface area contributed by atoms with Crippen molar-refractivity contribution in [3.63, 3.8) is 0 Å². The lowest BCUT2D eigenvalue weighted by Gasteiger charge is -2.40. The van der Waals surface area contributed by atoms with Crippen molar-refractivity contribution >= 4 is 21.3 Å². The van der Waals surface area contributed by atoms with E-state index in [2.05, 4.69) is 11.4 Å². The van der Waals surface area contributed by atoms with Crippen molar-refractivity contribution in [2.75, 3.05) is 32.4 Å². The fraction of sp³-hybridized carbons (Fsp3) is 0.400. The van der Waals surface area contributed by atoms with Crippen LogP contribution in [-0.4, -0.2) is 57.3 Å². The number of hydrogen-bond donors (Lipinski definition) is 1. The number of hydrogen-bond acceptors (Lipinski definition) is 5. The molecule has 0 radical (unpaired) electrons. The number of carbonyl (C=O) groups is 1. The Kier molecular flexibility index (Phi) is 6.14. The molecule has 0 unspecified atom stereocenters. The van der Waals surface area contributed by atoms with Crippen molar-refractivity contribution in [1.29, 1.82) is 0 Å². The van der Waals surface area contributed by atoms with Gasteiger partial charge in [0.25, 0.3) is 5.91 Å². The first-order valence-electron chi connectivity index (χ1n) is 11.1. The van der Waals surface area contributed by atoms with Crippen LogP contribution in [0.4, 0.5) is 0 Å². The van der Waals surface area contributed by atoms with Gasteiger partial charge in [0.2, 0.25) is 0 Å². The van der Waals surface area contributed by atoms with Crippen molar-refractivity contribution < 1.29 is 17.9 Å². The van der Waals surface area contributed by atoms with Crippen LogP contribution in [-0.2, 0) is 9.84 Å². The van der Waals surface area contributed by atoms with Crippen LogP contribution in [0.5, 0.6) is 5.75 Å². The van der Waals surface area contributed by atoms with Crippen LogP contribution in [0, 0.1) is 0 Å². The molecule has 7 heteroatoms. The predicted octanol–water partition coefficient (Wildman–Crippen LogP) is 3.52. The molecule has 2 aliphatic heterocycles. The van der Waals surface area contributed by atoms with Gasteiger partial charge in [-0.2, -0.15) is 0 Å². The molecule has 0 aromatic heterocycles. The summed E-state index contributed by atoms with van der Waals surface area (Å²) >= 11 is 0. The lowest BCUT2D eigenvalue weighted by molar-refractivity contribution is 0.0772. The Morgan fingerprint density at radius 1 is 1.06 bits per heavy atom. The molecule has 1 amide bonds. The molecule has 0 saturated carbocycles. The number of sulfone groups is 1. The first kappa shape index (κ1) is 22.6. The molecule has 2 aromatic rings. The number of amides is 1. The normalized spacial score (nSPS) is 17.3. The van der Waals surface area contributed by atoms with E-state index in [0.29, 0.717) is 24.4 Å². The SMILES string of the molecule is CCN(CC)C(=O)c1ccc(C2=CC3(CCNCC3)Oc3ccc(S(C)(=O)=O)cc32)cc1. The number of rotatable bonds is 5. The van der Waals surface area contributed by atoms with Gasteiger partial charge >= 0.3 is 0 Å². The van der Waals surface area contributed by atoms with Crippen LogP contribution in [0.15, 0.2) is 53.4 Å². The largest absolute Gasteiger partial charge is 0.482 e. The van der Waals surface area contributed by atoms with E-state index in [1.165, 1.54) is 6.26 Å². The van der Waals surface area contributed by atoms with E-state index in [1.54, 1.807) is 23.1 Å². The summed E-state index contributed by atoms with van der Waals surface area (Å²) in [6.45, 7) is 6.99. The Bertz CT molecular complexity index is 1140. The monoisotopic (exact) mass is 454 g/mol. The average Bonchev–Trinajstić information content (AvgIpc) is 2.79. The molecule has 0 atom stereocenters. The van der Waals surface area contributed by atoms with Gasteiger partial charge in [-0.15, -0.1) is 0 Å². The lowest BCUT2D eigenvalue weighted by Crippen LogP contribution is -2.46. The van der Waals surface area contributed by atoms with Gasteiger partial charge in [0.1, 0.15) is 11.4 Å². The van der Waals surface area contributed by atoms with Gasteiger partial charge in [-0.1, -0.05) is 12.1 Å². The molecule has 1 fully saturated rings. The standard InChI is InChI=1S/C25H30N2O4S/c1-4-27(5-2)24(28)19-8-6-18(7-9-19)22-17-25(12-14-26-15-13-25)31-23-11-10-20(16-21(22)23)32(3,29)30/h6-11,16-17,26H,4-5,12-15H2,1-3H3. The van der Waals surface area contributed by atoms with Crippen molar-refractivity contribution in [2.45, 2.75) is 37.2 Å². The van der Waals surface area contributed by atoms with E-state index < -0.39 is 15.4 Å². The van der Waals surface area contributed by atoms with Gasteiger partial charge in [0.05, 0.1) is 4.90 Å². The number of ether oxygens (including phenoxy) is 1.